The average Bonchev–Trinajstić information content (AvgIpc) is 2.65. The Labute approximate surface area is 152 Å². The highest BCUT2D eigenvalue weighted by molar-refractivity contribution is 6.30. The van der Waals surface area contributed by atoms with E-state index in [1.807, 2.05) is 18.2 Å². The summed E-state index contributed by atoms with van der Waals surface area (Å²) in [5, 5.41) is 0.104. The van der Waals surface area contributed by atoms with E-state index in [4.69, 9.17) is 21.1 Å². The lowest BCUT2D eigenvalue weighted by Crippen LogP contribution is -2.27. The maximum absolute atomic E-state index is 13.6. The number of pyridine rings is 1. The Morgan fingerprint density at radius 3 is 2.68 bits per heavy atom. The van der Waals surface area contributed by atoms with Crippen LogP contribution in [0.2, 0.25) is 5.02 Å². The van der Waals surface area contributed by atoms with Crippen LogP contribution < -0.4 is 0 Å². The molecule has 3 rings (SSSR count). The van der Waals surface area contributed by atoms with Crippen molar-refractivity contribution < 1.29 is 13.9 Å². The first-order valence-electron chi connectivity index (χ1n) is 8.43. The fraction of sp³-hybridized carbons (Fsp3) is 0.350. The number of halogens is 2. The van der Waals surface area contributed by atoms with Crippen molar-refractivity contribution in [2.24, 2.45) is 5.92 Å². The van der Waals surface area contributed by atoms with Gasteiger partial charge in [-0.3, -0.25) is 4.98 Å². The lowest BCUT2D eigenvalue weighted by Gasteiger charge is -2.29. The standard InChI is InChI=1S/C20H21ClFNO2/c1-2-3-4-5-14-12-24-20(25-13-14)16-7-9-19(23-11-16)15-6-8-17(21)18(22)10-15/h2,6-11,14,20H,1,3-5,12-13H2/t14-,20-. The van der Waals surface area contributed by atoms with Gasteiger partial charge in [-0.05, 0) is 37.5 Å². The molecule has 0 radical (unpaired) electrons. The molecule has 0 N–H and O–H groups in total. The van der Waals surface area contributed by atoms with Gasteiger partial charge < -0.3 is 9.47 Å². The van der Waals surface area contributed by atoms with Gasteiger partial charge in [0, 0.05) is 23.2 Å². The Balaban J connectivity index is 1.59. The fourth-order valence-corrected chi connectivity index (χ4v) is 2.94. The summed E-state index contributed by atoms with van der Waals surface area (Å²) in [5.41, 5.74) is 2.22. The van der Waals surface area contributed by atoms with Crippen LogP contribution in [-0.2, 0) is 9.47 Å². The normalized spacial score (nSPS) is 20.4. The minimum atomic E-state index is -0.452. The largest absolute Gasteiger partial charge is 0.348 e. The van der Waals surface area contributed by atoms with Gasteiger partial charge in [0.15, 0.2) is 6.29 Å². The fourth-order valence-electron chi connectivity index (χ4n) is 2.82. The van der Waals surface area contributed by atoms with Crippen LogP contribution in [0.3, 0.4) is 0 Å². The Morgan fingerprint density at radius 1 is 1.24 bits per heavy atom. The van der Waals surface area contributed by atoms with Crippen molar-refractivity contribution in [3.05, 3.63) is 65.6 Å². The van der Waals surface area contributed by atoms with Crippen molar-refractivity contribution >= 4 is 11.6 Å². The Morgan fingerprint density at radius 2 is 2.04 bits per heavy atom. The summed E-state index contributed by atoms with van der Waals surface area (Å²) in [6.07, 6.45) is 6.48. The molecule has 1 aliphatic heterocycles. The van der Waals surface area contributed by atoms with Crippen molar-refractivity contribution in [1.29, 1.82) is 0 Å². The number of aromatic nitrogens is 1. The quantitative estimate of drug-likeness (QED) is 0.498. The van der Waals surface area contributed by atoms with Crippen molar-refractivity contribution in [3.63, 3.8) is 0 Å². The van der Waals surface area contributed by atoms with Gasteiger partial charge in [0.1, 0.15) is 5.82 Å². The molecule has 0 saturated carbocycles. The number of unbranched alkanes of at least 4 members (excludes halogenated alkanes) is 1. The lowest BCUT2D eigenvalue weighted by molar-refractivity contribution is -0.206. The van der Waals surface area contributed by atoms with Crippen LogP contribution in [0.1, 0.15) is 31.1 Å². The summed E-state index contributed by atoms with van der Waals surface area (Å²) in [4.78, 5) is 4.39. The van der Waals surface area contributed by atoms with E-state index >= 15 is 0 Å². The third-order valence-electron chi connectivity index (χ3n) is 4.26. The lowest BCUT2D eigenvalue weighted by atomic mass is 10.0. The monoisotopic (exact) mass is 361 g/mol. The zero-order valence-electron chi connectivity index (χ0n) is 14.0. The molecule has 0 unspecified atom stereocenters. The summed E-state index contributed by atoms with van der Waals surface area (Å²) >= 11 is 5.71. The van der Waals surface area contributed by atoms with Crippen LogP contribution in [0.4, 0.5) is 4.39 Å². The van der Waals surface area contributed by atoms with E-state index in [9.17, 15) is 4.39 Å². The molecule has 5 heteroatoms. The van der Waals surface area contributed by atoms with E-state index in [1.54, 1.807) is 12.3 Å². The number of hydrogen-bond donors (Lipinski definition) is 0. The molecule has 0 bridgehead atoms. The van der Waals surface area contributed by atoms with Crippen molar-refractivity contribution in [3.8, 4) is 11.3 Å². The van der Waals surface area contributed by atoms with E-state index in [0.29, 0.717) is 30.4 Å². The van der Waals surface area contributed by atoms with Crippen LogP contribution in [0.5, 0.6) is 0 Å². The number of rotatable bonds is 6. The molecule has 0 amide bonds. The van der Waals surface area contributed by atoms with Crippen LogP contribution in [0.15, 0.2) is 49.2 Å². The highest BCUT2D eigenvalue weighted by Gasteiger charge is 2.23. The minimum Gasteiger partial charge on any atom is -0.348 e. The third kappa shape index (κ3) is 4.66. The summed E-state index contributed by atoms with van der Waals surface area (Å²) in [6, 6.07) is 8.39. The van der Waals surface area contributed by atoms with E-state index in [1.165, 1.54) is 12.1 Å². The maximum Gasteiger partial charge on any atom is 0.185 e. The number of ether oxygens (including phenoxy) is 2. The van der Waals surface area contributed by atoms with E-state index < -0.39 is 5.82 Å². The zero-order chi connectivity index (χ0) is 17.6. The Kier molecular flexibility index (Phi) is 6.19. The molecule has 0 spiro atoms. The number of allylic oxidation sites excluding steroid dienone is 1. The number of benzene rings is 1. The molecule has 1 aliphatic rings. The molecule has 0 atom stereocenters. The average molecular weight is 362 g/mol. The van der Waals surface area contributed by atoms with Crippen LogP contribution in [-0.4, -0.2) is 18.2 Å². The van der Waals surface area contributed by atoms with Gasteiger partial charge in [-0.1, -0.05) is 29.8 Å². The molecule has 1 fully saturated rings. The van der Waals surface area contributed by atoms with Gasteiger partial charge in [-0.25, -0.2) is 4.39 Å². The molecular weight excluding hydrogens is 341 g/mol. The first-order chi connectivity index (χ1) is 12.2. The zero-order valence-corrected chi connectivity index (χ0v) is 14.7. The topological polar surface area (TPSA) is 31.4 Å². The molecule has 2 aromatic rings. The summed E-state index contributed by atoms with van der Waals surface area (Å²) < 4.78 is 25.2. The molecule has 1 aromatic carbocycles. The molecule has 1 aromatic heterocycles. The third-order valence-corrected chi connectivity index (χ3v) is 4.57. The van der Waals surface area contributed by atoms with Gasteiger partial charge in [0.2, 0.25) is 0 Å². The Bertz CT molecular complexity index is 712. The van der Waals surface area contributed by atoms with E-state index in [-0.39, 0.29) is 11.3 Å². The SMILES string of the molecule is C=CCCC[C@H]1CO[C@H](c2ccc(-c3ccc(Cl)c(F)c3)nc2)OC1. The van der Waals surface area contributed by atoms with Gasteiger partial charge in [-0.2, -0.15) is 0 Å². The van der Waals surface area contributed by atoms with E-state index in [2.05, 4.69) is 11.6 Å². The van der Waals surface area contributed by atoms with Crippen molar-refractivity contribution in [2.75, 3.05) is 13.2 Å². The number of nitrogens with zero attached hydrogens (tertiary/aromatic N) is 1. The first kappa shape index (κ1) is 18.1. The van der Waals surface area contributed by atoms with Crippen molar-refractivity contribution in [2.45, 2.75) is 25.6 Å². The number of hydrogen-bond acceptors (Lipinski definition) is 3. The smallest absolute Gasteiger partial charge is 0.185 e. The van der Waals surface area contributed by atoms with Crippen LogP contribution in [0.25, 0.3) is 11.3 Å². The first-order valence-corrected chi connectivity index (χ1v) is 8.80. The van der Waals surface area contributed by atoms with Gasteiger partial charge in [0.05, 0.1) is 23.9 Å². The second-order valence-electron chi connectivity index (χ2n) is 6.19. The second-order valence-corrected chi connectivity index (χ2v) is 6.60. The van der Waals surface area contributed by atoms with Crippen LogP contribution >= 0.6 is 11.6 Å². The van der Waals surface area contributed by atoms with Gasteiger partial charge in [0.25, 0.3) is 0 Å². The van der Waals surface area contributed by atoms with Gasteiger partial charge in [-0.15, -0.1) is 6.58 Å². The summed E-state index contributed by atoms with van der Waals surface area (Å²) in [5.74, 6) is -0.0213. The molecule has 132 valence electrons. The van der Waals surface area contributed by atoms with Gasteiger partial charge >= 0.3 is 0 Å². The molecule has 25 heavy (non-hydrogen) atoms. The predicted octanol–water partition coefficient (Wildman–Crippen LogP) is 5.56. The molecular formula is C20H21ClFNO2. The highest BCUT2D eigenvalue weighted by Crippen LogP contribution is 2.28. The second kappa shape index (κ2) is 8.56. The Hall–Kier alpha value is -1.75. The van der Waals surface area contributed by atoms with Crippen LogP contribution in [0, 0.1) is 11.7 Å². The molecule has 3 nitrogen and oxygen atoms in total. The van der Waals surface area contributed by atoms with E-state index in [0.717, 1.165) is 24.8 Å². The molecule has 2 heterocycles. The predicted molar refractivity (Wildman–Crippen MR) is 96.8 cm³/mol. The maximum atomic E-state index is 13.6. The molecule has 1 saturated heterocycles. The highest BCUT2D eigenvalue weighted by atomic mass is 35.5. The molecule has 0 aliphatic carbocycles. The minimum absolute atomic E-state index is 0.104. The summed E-state index contributed by atoms with van der Waals surface area (Å²) in [7, 11) is 0. The van der Waals surface area contributed by atoms with Crippen molar-refractivity contribution in [1.82, 2.24) is 4.98 Å². The summed E-state index contributed by atoms with van der Waals surface area (Å²) in [6.45, 7) is 5.11.